The maximum Gasteiger partial charge on any atom is 0.0299 e. The fourth-order valence-electron chi connectivity index (χ4n) is 1.90. The summed E-state index contributed by atoms with van der Waals surface area (Å²) >= 11 is 0. The van der Waals surface area contributed by atoms with Gasteiger partial charge in [-0.3, -0.25) is 0 Å². The largest absolute Gasteiger partial charge is 0.0829 e. The number of hydrogen-bond donors (Lipinski definition) is 0. The molecule has 0 spiro atoms. The maximum atomic E-state index is 3.38. The van der Waals surface area contributed by atoms with Crippen molar-refractivity contribution in [2.45, 2.75) is 74.7 Å². The van der Waals surface area contributed by atoms with Gasteiger partial charge in [0.2, 0.25) is 0 Å². The predicted molar refractivity (Wildman–Crippen MR) is 82.1 cm³/mol. The molecule has 18 heavy (non-hydrogen) atoms. The Hall–Kier alpha value is -0.880. The topological polar surface area (TPSA) is 0 Å². The zero-order chi connectivity index (χ0) is 14.4. The zero-order valence-corrected chi connectivity index (χ0v) is 13.6. The van der Waals surface area contributed by atoms with Crippen LogP contribution in [0.25, 0.3) is 0 Å². The quantitative estimate of drug-likeness (QED) is 0.594. The lowest BCUT2D eigenvalue weighted by atomic mass is 9.74. The van der Waals surface area contributed by atoms with Crippen molar-refractivity contribution in [3.05, 3.63) is 0 Å². The molecule has 0 saturated heterocycles. The van der Waals surface area contributed by atoms with Gasteiger partial charge in [-0.05, 0) is 57.3 Å². The van der Waals surface area contributed by atoms with Crippen molar-refractivity contribution in [2.24, 2.45) is 16.2 Å². The second-order valence-corrected chi connectivity index (χ2v) is 7.39. The molecule has 0 amide bonds. The third-order valence-corrected chi connectivity index (χ3v) is 3.41. The van der Waals surface area contributed by atoms with Gasteiger partial charge in [0.05, 0.1) is 0 Å². The fraction of sp³-hybridized carbons (Fsp3) is 0.778. The van der Waals surface area contributed by atoms with Gasteiger partial charge in [-0.2, -0.15) is 0 Å². The molecular formula is C18H30. The van der Waals surface area contributed by atoms with Gasteiger partial charge in [-0.1, -0.05) is 46.5 Å². The van der Waals surface area contributed by atoms with Crippen molar-refractivity contribution in [3.63, 3.8) is 0 Å². The molecule has 1 unspecified atom stereocenters. The Bertz CT molecular complexity index is 370. The van der Waals surface area contributed by atoms with Crippen LogP contribution in [0.15, 0.2) is 0 Å². The first-order valence-electron chi connectivity index (χ1n) is 7.08. The molecule has 0 aromatic carbocycles. The third kappa shape index (κ3) is 7.45. The minimum Gasteiger partial charge on any atom is -0.0829 e. The van der Waals surface area contributed by atoms with E-state index in [1.165, 1.54) is 0 Å². The van der Waals surface area contributed by atoms with Gasteiger partial charge < -0.3 is 0 Å². The zero-order valence-electron chi connectivity index (χ0n) is 13.6. The molecule has 0 aliphatic carbocycles. The van der Waals surface area contributed by atoms with Crippen LogP contribution in [0.3, 0.4) is 0 Å². The molecule has 0 aromatic rings. The van der Waals surface area contributed by atoms with Gasteiger partial charge in [-0.15, -0.1) is 0 Å². The highest BCUT2D eigenvalue weighted by atomic mass is 14.3. The highest BCUT2D eigenvalue weighted by Crippen LogP contribution is 2.35. The summed E-state index contributed by atoms with van der Waals surface area (Å²) < 4.78 is 0. The molecule has 1 atom stereocenters. The Morgan fingerprint density at radius 1 is 0.722 bits per heavy atom. The van der Waals surface area contributed by atoms with Crippen molar-refractivity contribution in [1.82, 2.24) is 0 Å². The van der Waals surface area contributed by atoms with Crippen LogP contribution >= 0.6 is 0 Å². The SMILES string of the molecule is CCC(C)(C)C#CC#CC(C)(CC)CC(C)(C)C. The molecule has 0 radical (unpaired) electrons. The second kappa shape index (κ2) is 6.33. The molecule has 0 aliphatic rings. The molecule has 0 aliphatic heterocycles. The molecule has 0 heterocycles. The van der Waals surface area contributed by atoms with Crippen molar-refractivity contribution in [1.29, 1.82) is 0 Å². The van der Waals surface area contributed by atoms with Gasteiger partial charge in [0.25, 0.3) is 0 Å². The van der Waals surface area contributed by atoms with Crippen LogP contribution in [-0.4, -0.2) is 0 Å². The first kappa shape index (κ1) is 17.1. The number of rotatable bonds is 3. The average molecular weight is 246 g/mol. The summed E-state index contributed by atoms with van der Waals surface area (Å²) in [6.07, 6.45) is 3.26. The smallest absolute Gasteiger partial charge is 0.0299 e. The van der Waals surface area contributed by atoms with Crippen molar-refractivity contribution < 1.29 is 0 Å². The Kier molecular flexibility index (Phi) is 6.02. The predicted octanol–water partition coefficient (Wildman–Crippen LogP) is 5.28. The number of hydrogen-bond acceptors (Lipinski definition) is 0. The van der Waals surface area contributed by atoms with Crippen molar-refractivity contribution in [2.75, 3.05) is 0 Å². The van der Waals surface area contributed by atoms with Crippen LogP contribution in [0.5, 0.6) is 0 Å². The summed E-state index contributed by atoms with van der Waals surface area (Å²) in [7, 11) is 0. The molecule has 0 heteroatoms. The maximum absolute atomic E-state index is 3.38. The van der Waals surface area contributed by atoms with Gasteiger partial charge >= 0.3 is 0 Å². The van der Waals surface area contributed by atoms with E-state index in [1.807, 2.05) is 0 Å². The summed E-state index contributed by atoms with van der Waals surface area (Å²) in [5.41, 5.74) is 0.486. The average Bonchev–Trinajstić information content (AvgIpc) is 2.22. The van der Waals surface area contributed by atoms with Crippen molar-refractivity contribution in [3.8, 4) is 23.7 Å². The first-order chi connectivity index (χ1) is 8.04. The third-order valence-electron chi connectivity index (χ3n) is 3.41. The molecule has 0 N–H and O–H groups in total. The highest BCUT2D eigenvalue weighted by molar-refractivity contribution is 5.30. The van der Waals surface area contributed by atoms with E-state index in [4.69, 9.17) is 0 Å². The molecular weight excluding hydrogens is 216 g/mol. The van der Waals surface area contributed by atoms with Crippen molar-refractivity contribution >= 4 is 0 Å². The first-order valence-corrected chi connectivity index (χ1v) is 7.08. The van der Waals surface area contributed by atoms with Gasteiger partial charge in [-0.25, -0.2) is 0 Å². The molecule has 0 saturated carbocycles. The van der Waals surface area contributed by atoms with Gasteiger partial charge in [0.1, 0.15) is 0 Å². The van der Waals surface area contributed by atoms with E-state index < -0.39 is 0 Å². The summed E-state index contributed by atoms with van der Waals surface area (Å²) in [6.45, 7) is 17.8. The molecule has 0 aromatic heterocycles. The standard InChI is InChI=1S/C18H30/c1-9-17(6,7)13-11-12-14-18(8,10-2)15-16(3,4)5/h9-10,15H2,1-8H3. The van der Waals surface area contributed by atoms with Gasteiger partial charge in [0, 0.05) is 10.8 Å². The van der Waals surface area contributed by atoms with Crippen LogP contribution in [0.1, 0.15) is 74.7 Å². The van der Waals surface area contributed by atoms with Gasteiger partial charge in [0.15, 0.2) is 0 Å². The highest BCUT2D eigenvalue weighted by Gasteiger charge is 2.26. The normalized spacial score (nSPS) is 14.9. The van der Waals surface area contributed by atoms with Crippen LogP contribution in [0, 0.1) is 39.9 Å². The fourth-order valence-corrected chi connectivity index (χ4v) is 1.90. The van der Waals surface area contributed by atoms with Crippen LogP contribution in [0.2, 0.25) is 0 Å². The second-order valence-electron chi connectivity index (χ2n) is 7.39. The lowest BCUT2D eigenvalue weighted by Crippen LogP contribution is -2.21. The molecule has 0 nitrogen and oxygen atoms in total. The van der Waals surface area contributed by atoms with Crippen LogP contribution < -0.4 is 0 Å². The monoisotopic (exact) mass is 246 g/mol. The van der Waals surface area contributed by atoms with E-state index in [1.54, 1.807) is 0 Å². The Morgan fingerprint density at radius 3 is 1.61 bits per heavy atom. The van der Waals surface area contributed by atoms with E-state index in [-0.39, 0.29) is 10.8 Å². The van der Waals surface area contributed by atoms with E-state index in [9.17, 15) is 0 Å². The Labute approximate surface area is 115 Å². The summed E-state index contributed by atoms with van der Waals surface area (Å²) in [6, 6.07) is 0. The molecule has 0 fully saturated rings. The van der Waals surface area contributed by atoms with E-state index in [2.05, 4.69) is 79.1 Å². The van der Waals surface area contributed by atoms with Crippen LogP contribution in [-0.2, 0) is 0 Å². The van der Waals surface area contributed by atoms with Crippen LogP contribution in [0.4, 0.5) is 0 Å². The summed E-state index contributed by atoms with van der Waals surface area (Å²) in [4.78, 5) is 0. The molecule has 0 rings (SSSR count). The Morgan fingerprint density at radius 2 is 1.22 bits per heavy atom. The van der Waals surface area contributed by atoms with E-state index >= 15 is 0 Å². The minimum atomic E-state index is 0.0846. The summed E-state index contributed by atoms with van der Waals surface area (Å²) in [5, 5.41) is 0. The summed E-state index contributed by atoms with van der Waals surface area (Å²) in [5.74, 6) is 12.7. The lowest BCUT2D eigenvalue weighted by Gasteiger charge is -2.30. The van der Waals surface area contributed by atoms with E-state index in [0.29, 0.717) is 5.41 Å². The lowest BCUT2D eigenvalue weighted by molar-refractivity contribution is 0.246. The minimum absolute atomic E-state index is 0.0846. The molecule has 102 valence electrons. The van der Waals surface area contributed by atoms with E-state index in [0.717, 1.165) is 19.3 Å². The Balaban J connectivity index is 4.85. The molecule has 0 bridgehead atoms.